The van der Waals surface area contributed by atoms with E-state index >= 15 is 0 Å². The van der Waals surface area contributed by atoms with E-state index in [4.69, 9.17) is 0 Å². The molecule has 1 heterocycles. The van der Waals surface area contributed by atoms with Crippen molar-refractivity contribution < 1.29 is 18.5 Å². The van der Waals surface area contributed by atoms with Gasteiger partial charge in [-0.05, 0) is 42.5 Å². The summed E-state index contributed by atoms with van der Waals surface area (Å²) in [5, 5.41) is 17.2. The molecule has 0 unspecified atom stereocenters. The van der Waals surface area contributed by atoms with Crippen LogP contribution < -0.4 is 10.9 Å². The van der Waals surface area contributed by atoms with Gasteiger partial charge in [0.1, 0.15) is 12.4 Å². The van der Waals surface area contributed by atoms with E-state index in [-0.39, 0.29) is 5.69 Å². The Balaban J connectivity index is 1.80. The van der Waals surface area contributed by atoms with Crippen LogP contribution >= 0.6 is 0 Å². The van der Waals surface area contributed by atoms with Gasteiger partial charge in [0.05, 0.1) is 10.6 Å². The molecule has 0 saturated heterocycles. The number of amides is 1. The van der Waals surface area contributed by atoms with Gasteiger partial charge in [-0.1, -0.05) is 0 Å². The topological polar surface area (TPSA) is 107 Å². The maximum Gasteiger partial charge on any atom is 0.306 e. The van der Waals surface area contributed by atoms with E-state index in [0.29, 0.717) is 11.3 Å². The second-order valence-electron chi connectivity index (χ2n) is 5.69. The lowest BCUT2D eigenvalue weighted by atomic mass is 10.1. The summed E-state index contributed by atoms with van der Waals surface area (Å²) in [5.41, 5.74) is -0.437. The standard InChI is InChI=1S/C18H12F2N4O4/c19-12-3-1-11(2-4-12)15-7-8-18(26)23(22-15)10-17(25)21-13-5-6-14(20)16(9-13)24(27)28/h1-9H,10H2,(H,21,25). The van der Waals surface area contributed by atoms with Crippen molar-refractivity contribution in [1.29, 1.82) is 0 Å². The smallest absolute Gasteiger partial charge is 0.306 e. The molecule has 3 aromatic rings. The van der Waals surface area contributed by atoms with E-state index in [1.807, 2.05) is 0 Å². The van der Waals surface area contributed by atoms with E-state index in [2.05, 4.69) is 10.4 Å². The van der Waals surface area contributed by atoms with Crippen LogP contribution in [-0.2, 0) is 11.3 Å². The maximum absolute atomic E-state index is 13.4. The zero-order valence-electron chi connectivity index (χ0n) is 14.1. The summed E-state index contributed by atoms with van der Waals surface area (Å²) in [4.78, 5) is 34.0. The Kier molecular flexibility index (Phi) is 5.21. The third-order valence-electron chi connectivity index (χ3n) is 3.73. The summed E-state index contributed by atoms with van der Waals surface area (Å²) < 4.78 is 27.3. The van der Waals surface area contributed by atoms with Crippen LogP contribution in [0.2, 0.25) is 0 Å². The molecular weight excluding hydrogens is 374 g/mol. The first-order valence-corrected chi connectivity index (χ1v) is 7.91. The minimum atomic E-state index is -1.03. The van der Waals surface area contributed by atoms with Crippen molar-refractivity contribution in [2.24, 2.45) is 0 Å². The molecule has 0 aliphatic carbocycles. The van der Waals surface area contributed by atoms with Crippen LogP contribution in [0.1, 0.15) is 0 Å². The van der Waals surface area contributed by atoms with Crippen LogP contribution in [-0.4, -0.2) is 20.6 Å². The van der Waals surface area contributed by atoms with Gasteiger partial charge >= 0.3 is 5.69 Å². The zero-order valence-corrected chi connectivity index (χ0v) is 14.1. The normalized spacial score (nSPS) is 10.5. The number of hydrogen-bond acceptors (Lipinski definition) is 5. The Labute approximate surface area is 156 Å². The molecule has 8 nitrogen and oxygen atoms in total. The van der Waals surface area contributed by atoms with E-state index in [1.54, 1.807) is 0 Å². The molecule has 0 fully saturated rings. The zero-order chi connectivity index (χ0) is 20.3. The van der Waals surface area contributed by atoms with Crippen molar-refractivity contribution in [2.75, 3.05) is 5.32 Å². The minimum Gasteiger partial charge on any atom is -0.324 e. The molecule has 0 radical (unpaired) electrons. The predicted octanol–water partition coefficient (Wildman–Crippen LogP) is 2.74. The average molecular weight is 386 g/mol. The third-order valence-corrected chi connectivity index (χ3v) is 3.73. The molecule has 0 aliphatic heterocycles. The monoisotopic (exact) mass is 386 g/mol. The molecule has 28 heavy (non-hydrogen) atoms. The Morgan fingerprint density at radius 2 is 1.82 bits per heavy atom. The van der Waals surface area contributed by atoms with E-state index in [1.165, 1.54) is 36.4 Å². The first-order chi connectivity index (χ1) is 13.3. The first-order valence-electron chi connectivity index (χ1n) is 7.91. The van der Waals surface area contributed by atoms with Crippen LogP contribution in [0.15, 0.2) is 59.4 Å². The molecule has 2 aromatic carbocycles. The largest absolute Gasteiger partial charge is 0.324 e. The van der Waals surface area contributed by atoms with Gasteiger partial charge in [0.2, 0.25) is 11.7 Å². The SMILES string of the molecule is O=C(Cn1nc(-c2ccc(F)cc2)ccc1=O)Nc1ccc(F)c([N+](=O)[O-])c1. The number of rotatable bonds is 5. The molecular formula is C18H12F2N4O4. The molecule has 3 rings (SSSR count). The van der Waals surface area contributed by atoms with E-state index in [0.717, 1.165) is 22.9 Å². The fraction of sp³-hybridized carbons (Fsp3) is 0.0556. The molecule has 0 aliphatic rings. The van der Waals surface area contributed by atoms with Crippen molar-refractivity contribution in [2.45, 2.75) is 6.54 Å². The van der Waals surface area contributed by atoms with Gasteiger partial charge in [-0.25, -0.2) is 9.07 Å². The molecule has 0 spiro atoms. The number of nitrogens with one attached hydrogen (secondary N) is 1. The maximum atomic E-state index is 13.4. The Hall–Kier alpha value is -3.95. The molecule has 1 aromatic heterocycles. The number of halogens is 2. The van der Waals surface area contributed by atoms with Gasteiger partial charge in [-0.15, -0.1) is 0 Å². The number of aromatic nitrogens is 2. The number of nitro groups is 1. The number of anilines is 1. The van der Waals surface area contributed by atoms with Gasteiger partial charge in [0, 0.05) is 23.4 Å². The highest BCUT2D eigenvalue weighted by Crippen LogP contribution is 2.21. The van der Waals surface area contributed by atoms with Crippen LogP contribution in [0.4, 0.5) is 20.2 Å². The molecule has 0 saturated carbocycles. The van der Waals surface area contributed by atoms with Crippen LogP contribution in [0.25, 0.3) is 11.3 Å². The molecule has 1 amide bonds. The Bertz CT molecular complexity index is 1110. The summed E-state index contributed by atoms with van der Waals surface area (Å²) in [5.74, 6) is -2.15. The second kappa shape index (κ2) is 7.74. The van der Waals surface area contributed by atoms with E-state index < -0.39 is 40.3 Å². The lowest BCUT2D eigenvalue weighted by Gasteiger charge is -2.08. The van der Waals surface area contributed by atoms with Crippen molar-refractivity contribution in [3.8, 4) is 11.3 Å². The molecule has 10 heteroatoms. The van der Waals surface area contributed by atoms with Gasteiger partial charge in [-0.3, -0.25) is 19.7 Å². The number of carbonyl (C=O) groups is 1. The third kappa shape index (κ3) is 4.23. The van der Waals surface area contributed by atoms with Crippen LogP contribution in [0, 0.1) is 21.7 Å². The average Bonchev–Trinajstić information content (AvgIpc) is 2.65. The fourth-order valence-electron chi connectivity index (χ4n) is 2.40. The fourth-order valence-corrected chi connectivity index (χ4v) is 2.40. The number of benzene rings is 2. The number of nitrogens with zero attached hydrogens (tertiary/aromatic N) is 3. The first kappa shape index (κ1) is 18.8. The van der Waals surface area contributed by atoms with Crippen molar-refractivity contribution in [1.82, 2.24) is 9.78 Å². The second-order valence-corrected chi connectivity index (χ2v) is 5.69. The van der Waals surface area contributed by atoms with E-state index in [9.17, 15) is 28.5 Å². The van der Waals surface area contributed by atoms with Crippen molar-refractivity contribution in [3.05, 3.63) is 86.7 Å². The van der Waals surface area contributed by atoms with Gasteiger partial charge in [-0.2, -0.15) is 9.49 Å². The molecule has 0 atom stereocenters. The molecule has 142 valence electrons. The predicted molar refractivity (Wildman–Crippen MR) is 95.6 cm³/mol. The molecule has 0 bridgehead atoms. The number of hydrogen-bond donors (Lipinski definition) is 1. The van der Waals surface area contributed by atoms with Crippen molar-refractivity contribution in [3.63, 3.8) is 0 Å². The highest BCUT2D eigenvalue weighted by molar-refractivity contribution is 5.90. The lowest BCUT2D eigenvalue weighted by molar-refractivity contribution is -0.387. The minimum absolute atomic E-state index is 0.000776. The quantitative estimate of drug-likeness (QED) is 0.536. The Morgan fingerprint density at radius 1 is 1.11 bits per heavy atom. The van der Waals surface area contributed by atoms with Gasteiger partial charge in [0.15, 0.2) is 0 Å². The van der Waals surface area contributed by atoms with Gasteiger partial charge < -0.3 is 5.32 Å². The van der Waals surface area contributed by atoms with Crippen LogP contribution in [0.5, 0.6) is 0 Å². The van der Waals surface area contributed by atoms with Crippen LogP contribution in [0.3, 0.4) is 0 Å². The molecule has 1 N–H and O–H groups in total. The summed E-state index contributed by atoms with van der Waals surface area (Å²) in [6, 6.07) is 11.0. The van der Waals surface area contributed by atoms with Crippen molar-refractivity contribution >= 4 is 17.3 Å². The number of nitro benzene ring substituents is 1. The summed E-state index contributed by atoms with van der Waals surface area (Å²) in [6.45, 7) is -0.473. The summed E-state index contributed by atoms with van der Waals surface area (Å²) in [6.07, 6.45) is 0. The van der Waals surface area contributed by atoms with Gasteiger partial charge in [0.25, 0.3) is 5.56 Å². The summed E-state index contributed by atoms with van der Waals surface area (Å²) in [7, 11) is 0. The number of carbonyl (C=O) groups excluding carboxylic acids is 1. The highest BCUT2D eigenvalue weighted by Gasteiger charge is 2.16. The highest BCUT2D eigenvalue weighted by atomic mass is 19.1. The summed E-state index contributed by atoms with van der Waals surface area (Å²) >= 11 is 0. The Morgan fingerprint density at radius 3 is 2.50 bits per heavy atom. The lowest BCUT2D eigenvalue weighted by Crippen LogP contribution is -2.29.